The van der Waals surface area contributed by atoms with Gasteiger partial charge < -0.3 is 14.6 Å². The van der Waals surface area contributed by atoms with Gasteiger partial charge in [-0.15, -0.1) is 0 Å². The maximum Gasteiger partial charge on any atom is 0.332 e. The SMILES string of the molecule is CCCN(CO)c1nc2c(c(=O)n(C)c(=O)n2C)n1C. The minimum absolute atomic E-state index is 0.195. The molecule has 0 aliphatic carbocycles. The molecule has 1 N–H and O–H groups in total. The number of hydrogen-bond acceptors (Lipinski definition) is 5. The highest BCUT2D eigenvalue weighted by molar-refractivity contribution is 5.74. The summed E-state index contributed by atoms with van der Waals surface area (Å²) in [4.78, 5) is 30.1. The molecule has 2 aromatic heterocycles. The molecule has 0 aromatic carbocycles. The first kappa shape index (κ1) is 14.3. The zero-order chi connectivity index (χ0) is 15.0. The average Bonchev–Trinajstić information content (AvgIpc) is 2.78. The van der Waals surface area contributed by atoms with E-state index < -0.39 is 11.2 Å². The van der Waals surface area contributed by atoms with E-state index in [9.17, 15) is 14.7 Å². The van der Waals surface area contributed by atoms with Crippen molar-refractivity contribution in [2.24, 2.45) is 21.1 Å². The largest absolute Gasteiger partial charge is 0.376 e. The molecule has 110 valence electrons. The summed E-state index contributed by atoms with van der Waals surface area (Å²) in [6.45, 7) is 2.40. The molecule has 0 amide bonds. The molecule has 8 nitrogen and oxygen atoms in total. The Bertz CT molecular complexity index is 755. The Balaban J connectivity index is 2.83. The number of imidazole rings is 1. The van der Waals surface area contributed by atoms with E-state index in [0.29, 0.717) is 23.7 Å². The first-order valence-corrected chi connectivity index (χ1v) is 6.42. The molecule has 2 heterocycles. The maximum atomic E-state index is 12.2. The van der Waals surface area contributed by atoms with Gasteiger partial charge in [0.15, 0.2) is 11.2 Å². The van der Waals surface area contributed by atoms with Gasteiger partial charge in [0, 0.05) is 27.7 Å². The topological polar surface area (TPSA) is 85.3 Å². The molecule has 0 fully saturated rings. The van der Waals surface area contributed by atoms with Crippen LogP contribution in [0.2, 0.25) is 0 Å². The summed E-state index contributed by atoms with van der Waals surface area (Å²) in [6, 6.07) is 0. The smallest absolute Gasteiger partial charge is 0.332 e. The first-order valence-electron chi connectivity index (χ1n) is 6.42. The second-order valence-corrected chi connectivity index (χ2v) is 4.75. The highest BCUT2D eigenvalue weighted by atomic mass is 16.3. The summed E-state index contributed by atoms with van der Waals surface area (Å²) in [6.07, 6.45) is 0.834. The Morgan fingerprint density at radius 2 is 1.80 bits per heavy atom. The lowest BCUT2D eigenvalue weighted by atomic mass is 10.4. The highest BCUT2D eigenvalue weighted by Gasteiger charge is 2.19. The molecule has 2 rings (SSSR count). The van der Waals surface area contributed by atoms with Crippen molar-refractivity contribution in [1.82, 2.24) is 18.7 Å². The minimum Gasteiger partial charge on any atom is -0.376 e. The lowest BCUT2D eigenvalue weighted by Crippen LogP contribution is -2.37. The molecule has 8 heteroatoms. The number of hydrogen-bond donors (Lipinski definition) is 1. The molecule has 0 radical (unpaired) electrons. The Kier molecular flexibility index (Phi) is 3.67. The van der Waals surface area contributed by atoms with E-state index in [4.69, 9.17) is 0 Å². The first-order chi connectivity index (χ1) is 9.43. The molecule has 20 heavy (non-hydrogen) atoms. The fraction of sp³-hybridized carbons (Fsp3) is 0.583. The van der Waals surface area contributed by atoms with Crippen LogP contribution in [-0.4, -0.2) is 37.1 Å². The number of fused-ring (bicyclic) bond motifs is 1. The van der Waals surface area contributed by atoms with Gasteiger partial charge in [-0.05, 0) is 6.42 Å². The van der Waals surface area contributed by atoms with Gasteiger partial charge in [0.1, 0.15) is 6.73 Å². The highest BCUT2D eigenvalue weighted by Crippen LogP contribution is 2.17. The van der Waals surface area contributed by atoms with Gasteiger partial charge in [-0.2, -0.15) is 4.98 Å². The van der Waals surface area contributed by atoms with Crippen LogP contribution in [0.15, 0.2) is 9.59 Å². The second kappa shape index (κ2) is 5.12. The van der Waals surface area contributed by atoms with Crippen molar-refractivity contribution in [3.05, 3.63) is 20.8 Å². The van der Waals surface area contributed by atoms with Gasteiger partial charge >= 0.3 is 5.69 Å². The van der Waals surface area contributed by atoms with E-state index in [0.717, 1.165) is 11.0 Å². The van der Waals surface area contributed by atoms with Gasteiger partial charge in [-0.3, -0.25) is 13.9 Å². The van der Waals surface area contributed by atoms with Crippen LogP contribution >= 0.6 is 0 Å². The van der Waals surface area contributed by atoms with Gasteiger partial charge in [0.05, 0.1) is 0 Å². The lowest BCUT2D eigenvalue weighted by molar-refractivity contribution is 0.288. The maximum absolute atomic E-state index is 12.2. The van der Waals surface area contributed by atoms with Crippen LogP contribution in [0, 0.1) is 0 Å². The number of aliphatic hydroxyl groups is 1. The van der Waals surface area contributed by atoms with E-state index in [1.165, 1.54) is 11.6 Å². The normalized spacial score (nSPS) is 11.2. The van der Waals surface area contributed by atoms with Gasteiger partial charge in [-0.25, -0.2) is 4.79 Å². The van der Waals surface area contributed by atoms with Crippen molar-refractivity contribution in [2.75, 3.05) is 18.2 Å². The molecule has 0 atom stereocenters. The quantitative estimate of drug-likeness (QED) is 0.737. The Morgan fingerprint density at radius 1 is 1.15 bits per heavy atom. The third kappa shape index (κ3) is 1.92. The number of aliphatic hydroxyl groups excluding tert-OH is 1. The van der Waals surface area contributed by atoms with Gasteiger partial charge in [0.25, 0.3) is 5.56 Å². The monoisotopic (exact) mass is 281 g/mol. The zero-order valence-corrected chi connectivity index (χ0v) is 12.1. The number of rotatable bonds is 4. The van der Waals surface area contributed by atoms with Crippen LogP contribution in [0.5, 0.6) is 0 Å². The fourth-order valence-corrected chi connectivity index (χ4v) is 2.29. The summed E-state index contributed by atoms with van der Waals surface area (Å²) in [5.41, 5.74) is -0.138. The van der Waals surface area contributed by atoms with Gasteiger partial charge in [-0.1, -0.05) is 6.92 Å². The van der Waals surface area contributed by atoms with E-state index >= 15 is 0 Å². The number of anilines is 1. The molecular formula is C12H19N5O3. The minimum atomic E-state index is -0.418. The predicted molar refractivity (Wildman–Crippen MR) is 75.9 cm³/mol. The van der Waals surface area contributed by atoms with Crippen molar-refractivity contribution in [3.63, 3.8) is 0 Å². The van der Waals surface area contributed by atoms with E-state index in [-0.39, 0.29) is 6.73 Å². The third-order valence-corrected chi connectivity index (χ3v) is 3.40. The molecule has 0 aliphatic heterocycles. The molecule has 0 saturated heterocycles. The van der Waals surface area contributed by atoms with Crippen LogP contribution in [-0.2, 0) is 21.1 Å². The molecule has 0 saturated carbocycles. The van der Waals surface area contributed by atoms with Crippen LogP contribution in [0.1, 0.15) is 13.3 Å². The van der Waals surface area contributed by atoms with Crippen LogP contribution in [0.25, 0.3) is 11.2 Å². The van der Waals surface area contributed by atoms with Crippen molar-refractivity contribution in [2.45, 2.75) is 13.3 Å². The molecule has 0 bridgehead atoms. The van der Waals surface area contributed by atoms with Crippen LogP contribution in [0.3, 0.4) is 0 Å². The standard InChI is InChI=1S/C12H19N5O3/c1-5-6-17(7-18)11-13-9-8(14(11)2)10(19)16(4)12(20)15(9)3/h18H,5-7H2,1-4H3. The van der Waals surface area contributed by atoms with E-state index in [1.54, 1.807) is 23.6 Å². The predicted octanol–water partition coefficient (Wildman–Crippen LogP) is -0.863. The lowest BCUT2D eigenvalue weighted by Gasteiger charge is -2.19. The fourth-order valence-electron chi connectivity index (χ4n) is 2.29. The third-order valence-electron chi connectivity index (χ3n) is 3.40. The Morgan fingerprint density at radius 3 is 2.35 bits per heavy atom. The summed E-state index contributed by atoms with van der Waals surface area (Å²) in [5.74, 6) is 0.475. The molecule has 0 spiro atoms. The van der Waals surface area contributed by atoms with E-state index in [1.807, 2.05) is 6.92 Å². The Hall–Kier alpha value is -2.09. The van der Waals surface area contributed by atoms with Crippen LogP contribution < -0.4 is 16.1 Å². The van der Waals surface area contributed by atoms with Gasteiger partial charge in [0.2, 0.25) is 5.95 Å². The van der Waals surface area contributed by atoms with E-state index in [2.05, 4.69) is 4.98 Å². The van der Waals surface area contributed by atoms with Crippen LogP contribution in [0.4, 0.5) is 5.95 Å². The van der Waals surface area contributed by atoms with Crippen molar-refractivity contribution >= 4 is 17.1 Å². The Labute approximate surface area is 115 Å². The molecule has 2 aromatic rings. The number of aryl methyl sites for hydroxylation is 2. The molecular weight excluding hydrogens is 262 g/mol. The zero-order valence-electron chi connectivity index (χ0n) is 12.1. The number of nitrogens with zero attached hydrogens (tertiary/aromatic N) is 5. The molecule has 0 unspecified atom stereocenters. The van der Waals surface area contributed by atoms with Crippen molar-refractivity contribution in [1.29, 1.82) is 0 Å². The van der Waals surface area contributed by atoms with Crippen molar-refractivity contribution in [3.8, 4) is 0 Å². The second-order valence-electron chi connectivity index (χ2n) is 4.75. The molecule has 0 aliphatic rings. The summed E-state index contributed by atoms with van der Waals surface area (Å²) >= 11 is 0. The summed E-state index contributed by atoms with van der Waals surface area (Å²) in [7, 11) is 4.71. The average molecular weight is 281 g/mol. The van der Waals surface area contributed by atoms with Crippen molar-refractivity contribution < 1.29 is 5.11 Å². The summed E-state index contributed by atoms with van der Waals surface area (Å²) < 4.78 is 4.00. The number of aromatic nitrogens is 4. The summed E-state index contributed by atoms with van der Waals surface area (Å²) in [5, 5.41) is 9.43.